The maximum atomic E-state index is 3.54. The third-order valence-electron chi connectivity index (χ3n) is 4.16. The van der Waals surface area contributed by atoms with E-state index in [9.17, 15) is 0 Å². The number of hydrogen-bond donors (Lipinski definition) is 1. The van der Waals surface area contributed by atoms with Gasteiger partial charge in [0, 0.05) is 0 Å². The van der Waals surface area contributed by atoms with E-state index in [2.05, 4.69) is 17.3 Å². The first-order valence-electron chi connectivity index (χ1n) is 6.20. The highest BCUT2D eigenvalue weighted by Gasteiger charge is 2.31. The molecule has 2 saturated heterocycles. The molecule has 82 valence electrons. The number of rotatable bonds is 0. The SMILES string of the molecule is CN1CCC[C@]2(CCCNCC2)CC1. The molecule has 0 aromatic rings. The summed E-state index contributed by atoms with van der Waals surface area (Å²) in [5.74, 6) is 0. The van der Waals surface area contributed by atoms with Crippen LogP contribution in [0.3, 0.4) is 0 Å². The van der Waals surface area contributed by atoms with Crippen LogP contribution in [0.5, 0.6) is 0 Å². The first-order chi connectivity index (χ1) is 6.81. The van der Waals surface area contributed by atoms with E-state index >= 15 is 0 Å². The summed E-state index contributed by atoms with van der Waals surface area (Å²) in [6.07, 6.45) is 8.60. The van der Waals surface area contributed by atoms with Gasteiger partial charge in [0.25, 0.3) is 0 Å². The largest absolute Gasteiger partial charge is 0.317 e. The van der Waals surface area contributed by atoms with Crippen molar-refractivity contribution in [2.24, 2.45) is 5.41 Å². The zero-order valence-corrected chi connectivity index (χ0v) is 9.52. The summed E-state index contributed by atoms with van der Waals surface area (Å²) in [5, 5.41) is 3.54. The molecule has 1 atom stereocenters. The minimum atomic E-state index is 0.703. The van der Waals surface area contributed by atoms with Crippen molar-refractivity contribution in [1.29, 1.82) is 0 Å². The second kappa shape index (κ2) is 4.63. The fourth-order valence-corrected chi connectivity index (χ4v) is 3.08. The second-order valence-corrected chi connectivity index (χ2v) is 5.26. The van der Waals surface area contributed by atoms with E-state index in [1.807, 2.05) is 0 Å². The molecule has 1 spiro atoms. The molecule has 2 rings (SSSR count). The third-order valence-corrected chi connectivity index (χ3v) is 4.16. The highest BCUT2D eigenvalue weighted by Crippen LogP contribution is 2.39. The van der Waals surface area contributed by atoms with Crippen LogP contribution in [0.1, 0.15) is 38.5 Å². The standard InChI is InChI=1S/C12H24N2/c1-14-10-3-5-12(7-11-14)4-2-8-13-9-6-12/h13H,2-11H2,1H3/t12-/m0/s1. The Morgan fingerprint density at radius 1 is 0.929 bits per heavy atom. The third kappa shape index (κ3) is 2.48. The molecule has 1 N–H and O–H groups in total. The van der Waals surface area contributed by atoms with E-state index in [4.69, 9.17) is 0 Å². The number of nitrogens with one attached hydrogen (secondary N) is 1. The first-order valence-corrected chi connectivity index (χ1v) is 6.20. The second-order valence-electron chi connectivity index (χ2n) is 5.26. The van der Waals surface area contributed by atoms with Gasteiger partial charge in [-0.15, -0.1) is 0 Å². The molecule has 0 bridgehead atoms. The molecule has 2 nitrogen and oxygen atoms in total. The van der Waals surface area contributed by atoms with Crippen molar-refractivity contribution in [2.75, 3.05) is 33.2 Å². The van der Waals surface area contributed by atoms with Crippen molar-refractivity contribution >= 4 is 0 Å². The fraction of sp³-hybridized carbons (Fsp3) is 1.00. The Hall–Kier alpha value is -0.0800. The lowest BCUT2D eigenvalue weighted by Gasteiger charge is -2.31. The molecule has 14 heavy (non-hydrogen) atoms. The summed E-state index contributed by atoms with van der Waals surface area (Å²) >= 11 is 0. The smallest absolute Gasteiger partial charge is 0.00165 e. The van der Waals surface area contributed by atoms with Crippen molar-refractivity contribution in [3.63, 3.8) is 0 Å². The molecule has 0 aromatic heterocycles. The first kappa shape index (κ1) is 10.4. The summed E-state index contributed by atoms with van der Waals surface area (Å²) in [7, 11) is 2.27. The minimum absolute atomic E-state index is 0.703. The molecular weight excluding hydrogens is 172 g/mol. The summed E-state index contributed by atoms with van der Waals surface area (Å²) in [4.78, 5) is 2.51. The molecule has 0 radical (unpaired) electrons. The van der Waals surface area contributed by atoms with Crippen molar-refractivity contribution in [1.82, 2.24) is 10.2 Å². The van der Waals surface area contributed by atoms with Crippen molar-refractivity contribution in [2.45, 2.75) is 38.5 Å². The Labute approximate surface area is 88.1 Å². The average molecular weight is 196 g/mol. The number of likely N-dealkylation sites (tertiary alicyclic amines) is 1. The summed E-state index contributed by atoms with van der Waals surface area (Å²) in [6, 6.07) is 0. The van der Waals surface area contributed by atoms with Crippen LogP contribution in [0.15, 0.2) is 0 Å². The molecule has 0 aromatic carbocycles. The van der Waals surface area contributed by atoms with Gasteiger partial charge in [-0.25, -0.2) is 0 Å². The van der Waals surface area contributed by atoms with Gasteiger partial charge in [-0.05, 0) is 77.2 Å². The van der Waals surface area contributed by atoms with E-state index in [0.29, 0.717) is 5.41 Å². The Bertz CT molecular complexity index is 171. The minimum Gasteiger partial charge on any atom is -0.317 e. The zero-order chi connectivity index (χ0) is 9.86. The predicted molar refractivity (Wildman–Crippen MR) is 60.5 cm³/mol. The van der Waals surface area contributed by atoms with Crippen LogP contribution >= 0.6 is 0 Å². The molecule has 2 heterocycles. The Kier molecular flexibility index (Phi) is 3.45. The van der Waals surface area contributed by atoms with E-state index in [1.54, 1.807) is 0 Å². The van der Waals surface area contributed by atoms with Crippen molar-refractivity contribution in [3.05, 3.63) is 0 Å². The van der Waals surface area contributed by atoms with Crippen LogP contribution < -0.4 is 5.32 Å². The van der Waals surface area contributed by atoms with E-state index in [-0.39, 0.29) is 0 Å². The Balaban J connectivity index is 1.97. The fourth-order valence-electron chi connectivity index (χ4n) is 3.08. The lowest BCUT2D eigenvalue weighted by Crippen LogP contribution is -2.25. The predicted octanol–water partition coefficient (Wildman–Crippen LogP) is 1.86. The quantitative estimate of drug-likeness (QED) is 0.636. The van der Waals surface area contributed by atoms with E-state index in [1.165, 1.54) is 64.7 Å². The lowest BCUT2D eigenvalue weighted by molar-refractivity contribution is 0.211. The van der Waals surface area contributed by atoms with Gasteiger partial charge in [0.15, 0.2) is 0 Å². The molecule has 0 unspecified atom stereocenters. The molecule has 2 aliphatic heterocycles. The van der Waals surface area contributed by atoms with Gasteiger partial charge in [-0.1, -0.05) is 0 Å². The molecule has 2 aliphatic rings. The van der Waals surface area contributed by atoms with Crippen molar-refractivity contribution in [3.8, 4) is 0 Å². The molecule has 0 saturated carbocycles. The molecule has 0 amide bonds. The number of hydrogen-bond acceptors (Lipinski definition) is 2. The van der Waals surface area contributed by atoms with E-state index < -0.39 is 0 Å². The van der Waals surface area contributed by atoms with E-state index in [0.717, 1.165) is 0 Å². The van der Waals surface area contributed by atoms with Gasteiger partial charge in [0.05, 0.1) is 0 Å². The monoisotopic (exact) mass is 196 g/mol. The summed E-state index contributed by atoms with van der Waals surface area (Å²) in [5.41, 5.74) is 0.703. The van der Waals surface area contributed by atoms with Gasteiger partial charge < -0.3 is 10.2 Å². The van der Waals surface area contributed by atoms with Crippen LogP contribution in [0.25, 0.3) is 0 Å². The van der Waals surface area contributed by atoms with Crippen LogP contribution in [0.2, 0.25) is 0 Å². The Morgan fingerprint density at radius 2 is 1.79 bits per heavy atom. The zero-order valence-electron chi connectivity index (χ0n) is 9.52. The normalized spacial score (nSPS) is 36.6. The van der Waals surface area contributed by atoms with Gasteiger partial charge in [0.2, 0.25) is 0 Å². The van der Waals surface area contributed by atoms with Crippen LogP contribution in [-0.2, 0) is 0 Å². The topological polar surface area (TPSA) is 15.3 Å². The maximum Gasteiger partial charge on any atom is -0.00165 e. The van der Waals surface area contributed by atoms with Gasteiger partial charge in [-0.2, -0.15) is 0 Å². The van der Waals surface area contributed by atoms with Gasteiger partial charge in [-0.3, -0.25) is 0 Å². The van der Waals surface area contributed by atoms with Crippen LogP contribution in [0.4, 0.5) is 0 Å². The summed E-state index contributed by atoms with van der Waals surface area (Å²) < 4.78 is 0. The molecular formula is C12H24N2. The highest BCUT2D eigenvalue weighted by atomic mass is 15.1. The van der Waals surface area contributed by atoms with Gasteiger partial charge >= 0.3 is 0 Å². The van der Waals surface area contributed by atoms with Crippen molar-refractivity contribution < 1.29 is 0 Å². The molecule has 2 fully saturated rings. The van der Waals surface area contributed by atoms with Crippen LogP contribution in [-0.4, -0.2) is 38.1 Å². The maximum absolute atomic E-state index is 3.54. The summed E-state index contributed by atoms with van der Waals surface area (Å²) in [6.45, 7) is 5.14. The van der Waals surface area contributed by atoms with Gasteiger partial charge in [0.1, 0.15) is 0 Å². The number of nitrogens with zero attached hydrogens (tertiary/aromatic N) is 1. The Morgan fingerprint density at radius 3 is 2.71 bits per heavy atom. The highest BCUT2D eigenvalue weighted by molar-refractivity contribution is 4.85. The lowest BCUT2D eigenvalue weighted by atomic mass is 9.75. The molecule has 0 aliphatic carbocycles. The average Bonchev–Trinajstić information content (AvgIpc) is 2.50. The van der Waals surface area contributed by atoms with Crippen LogP contribution in [0, 0.1) is 5.41 Å². The molecule has 2 heteroatoms.